The van der Waals surface area contributed by atoms with Gasteiger partial charge in [0.2, 0.25) is 5.88 Å². The zero-order valence-corrected chi connectivity index (χ0v) is 14.7. The van der Waals surface area contributed by atoms with Crippen LogP contribution in [0.1, 0.15) is 26.4 Å². The van der Waals surface area contributed by atoms with Crippen LogP contribution < -0.4 is 5.56 Å². The van der Waals surface area contributed by atoms with Crippen molar-refractivity contribution in [3.63, 3.8) is 0 Å². The summed E-state index contributed by atoms with van der Waals surface area (Å²) in [5.41, 5.74) is 1.24. The zero-order valence-electron chi connectivity index (χ0n) is 13.9. The Bertz CT molecular complexity index is 1060. The summed E-state index contributed by atoms with van der Waals surface area (Å²) in [6.45, 7) is 3.74. The molecule has 2 N–H and O–H groups in total. The second kappa shape index (κ2) is 6.52. The van der Waals surface area contributed by atoms with Crippen LogP contribution in [0.3, 0.4) is 0 Å². The van der Waals surface area contributed by atoms with E-state index in [2.05, 4.69) is 9.98 Å². The van der Waals surface area contributed by atoms with Gasteiger partial charge in [0.1, 0.15) is 5.00 Å². The fourth-order valence-corrected chi connectivity index (χ4v) is 3.57. The normalized spacial score (nSPS) is 11.3. The van der Waals surface area contributed by atoms with Crippen LogP contribution in [0.15, 0.2) is 34.1 Å². The Hall–Kier alpha value is -2.93. The average molecular weight is 356 g/mol. The minimum absolute atomic E-state index is 0.267. The summed E-state index contributed by atoms with van der Waals surface area (Å²) >= 11 is 1.37. The number of rotatable bonds is 3. The summed E-state index contributed by atoms with van der Waals surface area (Å²) in [6.07, 6.45) is 1.45. The lowest BCUT2D eigenvalue weighted by Gasteiger charge is -2.04. The molecule has 3 aromatic rings. The number of fused-ring (bicyclic) bond motifs is 1. The van der Waals surface area contributed by atoms with E-state index in [1.807, 2.05) is 13.8 Å². The van der Waals surface area contributed by atoms with Gasteiger partial charge in [-0.3, -0.25) is 9.78 Å². The molecule has 0 radical (unpaired) electrons. The van der Waals surface area contributed by atoms with Crippen molar-refractivity contribution < 1.29 is 14.6 Å². The lowest BCUT2D eigenvalue weighted by atomic mass is 10.1. The lowest BCUT2D eigenvalue weighted by Crippen LogP contribution is -2.07. The van der Waals surface area contributed by atoms with Crippen molar-refractivity contribution in [2.75, 3.05) is 7.11 Å². The van der Waals surface area contributed by atoms with Gasteiger partial charge < -0.3 is 9.84 Å². The molecular weight excluding hydrogens is 340 g/mol. The number of carbonyl (C=O) groups is 1. The van der Waals surface area contributed by atoms with Gasteiger partial charge in [-0.2, -0.15) is 0 Å². The van der Waals surface area contributed by atoms with Crippen molar-refractivity contribution in [2.24, 2.45) is 4.99 Å². The van der Waals surface area contributed by atoms with Crippen LogP contribution in [0.4, 0.5) is 5.00 Å². The number of hydrogen-bond acceptors (Lipinski definition) is 6. The van der Waals surface area contributed by atoms with Crippen molar-refractivity contribution in [3.05, 3.63) is 56.2 Å². The van der Waals surface area contributed by atoms with E-state index in [0.29, 0.717) is 26.9 Å². The van der Waals surface area contributed by atoms with Gasteiger partial charge in [0.05, 0.1) is 18.2 Å². The van der Waals surface area contributed by atoms with Gasteiger partial charge in [0.25, 0.3) is 5.56 Å². The number of aryl methyl sites for hydroxylation is 1. The van der Waals surface area contributed by atoms with Crippen LogP contribution in [0.5, 0.6) is 5.88 Å². The monoisotopic (exact) mass is 356 g/mol. The number of hydrogen-bond donors (Lipinski definition) is 2. The molecule has 2 aromatic heterocycles. The van der Waals surface area contributed by atoms with Crippen LogP contribution in [-0.4, -0.2) is 29.4 Å². The van der Waals surface area contributed by atoms with E-state index in [1.54, 1.807) is 24.3 Å². The number of nitrogens with zero attached hydrogens (tertiary/aromatic N) is 1. The number of carbonyl (C=O) groups excluding carboxylic acids is 1. The highest BCUT2D eigenvalue weighted by Crippen LogP contribution is 2.35. The first-order valence-corrected chi connectivity index (χ1v) is 8.32. The molecule has 0 fully saturated rings. The van der Waals surface area contributed by atoms with E-state index < -0.39 is 5.97 Å². The Morgan fingerprint density at radius 3 is 2.64 bits per heavy atom. The highest BCUT2D eigenvalue weighted by atomic mass is 32.1. The van der Waals surface area contributed by atoms with Gasteiger partial charge in [0, 0.05) is 21.9 Å². The average Bonchev–Trinajstić information content (AvgIpc) is 2.88. The van der Waals surface area contributed by atoms with E-state index in [9.17, 15) is 14.7 Å². The molecular formula is C18H16N2O4S. The maximum atomic E-state index is 12.0. The molecule has 0 atom stereocenters. The molecule has 0 aliphatic carbocycles. The van der Waals surface area contributed by atoms with E-state index >= 15 is 0 Å². The summed E-state index contributed by atoms with van der Waals surface area (Å²) in [6, 6.07) is 6.93. The molecule has 1 aromatic carbocycles. The summed E-state index contributed by atoms with van der Waals surface area (Å²) in [4.78, 5) is 31.7. The van der Waals surface area contributed by atoms with Crippen molar-refractivity contribution in [1.29, 1.82) is 0 Å². The molecule has 25 heavy (non-hydrogen) atoms. The number of methoxy groups -OCH3 is 1. The molecule has 0 bridgehead atoms. The number of ether oxygens (including phenoxy) is 1. The zero-order chi connectivity index (χ0) is 18.1. The molecule has 3 rings (SSSR count). The van der Waals surface area contributed by atoms with Crippen molar-refractivity contribution in [2.45, 2.75) is 13.8 Å². The standard InChI is InChI=1S/C18H16N2O4S/c1-9-10(2)25-17(14(9)18(23)24-3)19-8-13-11-6-4-5-7-12(11)15(21)20-16(13)22/h4-8H,1-3H3,(H2,20,21,22)/b19-8+. The Morgan fingerprint density at radius 1 is 1.28 bits per heavy atom. The lowest BCUT2D eigenvalue weighted by molar-refractivity contribution is 0.0601. The molecule has 0 amide bonds. The second-order valence-corrected chi connectivity index (χ2v) is 6.68. The fourth-order valence-electron chi connectivity index (χ4n) is 2.58. The highest BCUT2D eigenvalue weighted by Gasteiger charge is 2.19. The largest absolute Gasteiger partial charge is 0.494 e. The van der Waals surface area contributed by atoms with Crippen LogP contribution in [-0.2, 0) is 4.74 Å². The number of benzene rings is 1. The number of thiophene rings is 1. The van der Waals surface area contributed by atoms with Gasteiger partial charge in [0.15, 0.2) is 0 Å². The first-order chi connectivity index (χ1) is 11.9. The number of aromatic amines is 1. The van der Waals surface area contributed by atoms with E-state index in [-0.39, 0.29) is 11.4 Å². The van der Waals surface area contributed by atoms with E-state index in [0.717, 1.165) is 10.4 Å². The Labute approximate surface area is 147 Å². The highest BCUT2D eigenvalue weighted by molar-refractivity contribution is 7.16. The molecule has 0 aliphatic rings. The molecule has 0 saturated heterocycles. The topological polar surface area (TPSA) is 91.8 Å². The minimum Gasteiger partial charge on any atom is -0.494 e. The van der Waals surface area contributed by atoms with Gasteiger partial charge in [-0.1, -0.05) is 18.2 Å². The number of pyridine rings is 1. The van der Waals surface area contributed by atoms with Crippen LogP contribution >= 0.6 is 11.3 Å². The Balaban J connectivity index is 2.16. The van der Waals surface area contributed by atoms with Crippen LogP contribution in [0, 0.1) is 13.8 Å². The molecule has 2 heterocycles. The molecule has 0 unspecified atom stereocenters. The molecule has 0 saturated carbocycles. The predicted octanol–water partition coefficient (Wildman–Crippen LogP) is 3.45. The summed E-state index contributed by atoms with van der Waals surface area (Å²) in [5, 5.41) is 11.6. The van der Waals surface area contributed by atoms with Gasteiger partial charge >= 0.3 is 5.97 Å². The second-order valence-electron chi connectivity index (χ2n) is 5.48. The van der Waals surface area contributed by atoms with Gasteiger partial charge in [-0.05, 0) is 25.5 Å². The third-order valence-corrected chi connectivity index (χ3v) is 5.13. The Kier molecular flexibility index (Phi) is 4.41. The maximum absolute atomic E-state index is 12.0. The van der Waals surface area contributed by atoms with Crippen molar-refractivity contribution >= 4 is 39.3 Å². The molecule has 7 heteroatoms. The number of H-pyrrole nitrogens is 1. The summed E-state index contributed by atoms with van der Waals surface area (Å²) < 4.78 is 4.83. The SMILES string of the molecule is COC(=O)c1c(/N=C/c2c(O)[nH]c(=O)c3ccccc23)sc(C)c1C. The van der Waals surface area contributed by atoms with Crippen LogP contribution in [0.2, 0.25) is 0 Å². The summed E-state index contributed by atoms with van der Waals surface area (Å²) in [7, 11) is 1.32. The summed E-state index contributed by atoms with van der Waals surface area (Å²) in [5.74, 6) is -0.721. The molecule has 0 spiro atoms. The van der Waals surface area contributed by atoms with Crippen molar-refractivity contribution in [3.8, 4) is 5.88 Å². The van der Waals surface area contributed by atoms with Gasteiger partial charge in [-0.15, -0.1) is 11.3 Å². The third kappa shape index (κ3) is 2.94. The number of aromatic hydroxyl groups is 1. The third-order valence-electron chi connectivity index (χ3n) is 4.02. The van der Waals surface area contributed by atoms with Crippen LogP contribution in [0.25, 0.3) is 10.8 Å². The van der Waals surface area contributed by atoms with E-state index in [1.165, 1.54) is 24.7 Å². The first kappa shape index (κ1) is 16.9. The molecule has 0 aliphatic heterocycles. The minimum atomic E-state index is -0.454. The predicted molar refractivity (Wildman–Crippen MR) is 98.6 cm³/mol. The van der Waals surface area contributed by atoms with Crippen molar-refractivity contribution in [1.82, 2.24) is 4.98 Å². The smallest absolute Gasteiger partial charge is 0.341 e. The fraction of sp³-hybridized carbons (Fsp3) is 0.167. The number of nitrogens with one attached hydrogen (secondary N) is 1. The number of aliphatic imine (C=N–C) groups is 1. The first-order valence-electron chi connectivity index (χ1n) is 7.50. The molecule has 6 nitrogen and oxygen atoms in total. The number of aromatic nitrogens is 1. The number of esters is 1. The van der Waals surface area contributed by atoms with E-state index in [4.69, 9.17) is 4.74 Å². The van der Waals surface area contributed by atoms with Gasteiger partial charge in [-0.25, -0.2) is 9.79 Å². The molecule has 128 valence electrons. The Morgan fingerprint density at radius 2 is 1.96 bits per heavy atom. The maximum Gasteiger partial charge on any atom is 0.341 e. The quantitative estimate of drug-likeness (QED) is 0.555.